The number of hydrogen-bond donors (Lipinski definition) is 0. The minimum atomic E-state index is -0.600. The van der Waals surface area contributed by atoms with E-state index in [9.17, 15) is 14.9 Å². The fraction of sp³-hybridized carbons (Fsp3) is 0. The van der Waals surface area contributed by atoms with Crippen LogP contribution in [-0.2, 0) is 0 Å². The topological polar surface area (TPSA) is 86.2 Å². The van der Waals surface area contributed by atoms with Crippen LogP contribution in [0, 0.1) is 10.1 Å². The number of fused-ring (bicyclic) bond motifs is 1. The largest absolute Gasteiger partial charge is 0.433 e. The number of allylic oxidation sites excluding steroid dienone is 2. The van der Waals surface area contributed by atoms with Crippen molar-refractivity contribution in [3.63, 3.8) is 0 Å². The molecule has 2 aromatic heterocycles. The van der Waals surface area contributed by atoms with Crippen LogP contribution in [0.5, 0.6) is 0 Å². The van der Waals surface area contributed by atoms with Crippen LogP contribution < -0.4 is 0 Å². The van der Waals surface area contributed by atoms with E-state index in [4.69, 9.17) is 16.0 Å². The predicted molar refractivity (Wildman–Crippen MR) is 103 cm³/mol. The highest BCUT2D eigenvalue weighted by Gasteiger charge is 2.10. The summed E-state index contributed by atoms with van der Waals surface area (Å²) < 4.78 is 5.01. The highest BCUT2D eigenvalue weighted by molar-refractivity contribution is 6.68. The highest BCUT2D eigenvalue weighted by atomic mass is 35.5. The van der Waals surface area contributed by atoms with E-state index in [1.54, 1.807) is 42.5 Å². The summed E-state index contributed by atoms with van der Waals surface area (Å²) in [6.07, 6.45) is 6.62. The molecule has 0 saturated carbocycles. The van der Waals surface area contributed by atoms with Crippen molar-refractivity contribution in [1.29, 1.82) is 0 Å². The second-order valence-electron chi connectivity index (χ2n) is 5.04. The van der Waals surface area contributed by atoms with Crippen molar-refractivity contribution in [3.8, 4) is 0 Å². The lowest BCUT2D eigenvalue weighted by molar-refractivity contribution is -0.402. The van der Waals surface area contributed by atoms with Crippen LogP contribution in [0.4, 0.5) is 5.88 Å². The van der Waals surface area contributed by atoms with Gasteiger partial charge in [-0.1, -0.05) is 30.4 Å². The zero-order chi connectivity index (χ0) is 17.8. The summed E-state index contributed by atoms with van der Waals surface area (Å²) in [5.74, 6) is 0.0459. The van der Waals surface area contributed by atoms with E-state index in [1.165, 1.54) is 12.1 Å². The number of benzene rings is 1. The number of halogens is 2. The molecule has 3 aromatic rings. The van der Waals surface area contributed by atoms with Gasteiger partial charge in [0.25, 0.3) is 5.24 Å². The second kappa shape index (κ2) is 8.42. The molecule has 0 atom stereocenters. The average Bonchev–Trinajstić information content (AvgIpc) is 3.07. The molecular formula is C18H12Cl2N2O4. The molecule has 1 aromatic carbocycles. The smallest absolute Gasteiger partial charge is 0.401 e. The molecule has 132 valence electrons. The SMILES string of the molecule is Cl.O=C(Cl)c1cc(C=CC=Cc2ccc([N+](=O)[O-])o2)nc2ccccc12. The zero-order valence-corrected chi connectivity index (χ0v) is 14.7. The van der Waals surface area contributed by atoms with Gasteiger partial charge < -0.3 is 4.42 Å². The Balaban J connectivity index is 0.00000243. The Morgan fingerprint density at radius 2 is 1.88 bits per heavy atom. The molecule has 6 nitrogen and oxygen atoms in total. The first-order valence-electron chi connectivity index (χ1n) is 7.23. The van der Waals surface area contributed by atoms with Crippen LogP contribution in [0.1, 0.15) is 21.8 Å². The number of aromatic nitrogens is 1. The Hall–Kier alpha value is -2.96. The maximum absolute atomic E-state index is 11.6. The summed E-state index contributed by atoms with van der Waals surface area (Å²) in [6, 6.07) is 11.6. The van der Waals surface area contributed by atoms with Crippen molar-refractivity contribution in [3.05, 3.63) is 81.7 Å². The average molecular weight is 391 g/mol. The molecule has 0 spiro atoms. The number of pyridine rings is 1. The lowest BCUT2D eigenvalue weighted by Gasteiger charge is -2.03. The van der Waals surface area contributed by atoms with Gasteiger partial charge in [0.05, 0.1) is 17.3 Å². The van der Waals surface area contributed by atoms with Gasteiger partial charge in [-0.15, -0.1) is 12.4 Å². The van der Waals surface area contributed by atoms with Gasteiger partial charge in [-0.2, -0.15) is 0 Å². The number of nitro groups is 1. The Morgan fingerprint density at radius 3 is 2.58 bits per heavy atom. The molecule has 0 fully saturated rings. The molecule has 2 heterocycles. The molecule has 0 bridgehead atoms. The normalized spacial score (nSPS) is 11.1. The van der Waals surface area contributed by atoms with Crippen molar-refractivity contribution in [2.45, 2.75) is 0 Å². The number of carbonyl (C=O) groups excluding carboxylic acids is 1. The first-order valence-corrected chi connectivity index (χ1v) is 7.61. The molecule has 26 heavy (non-hydrogen) atoms. The van der Waals surface area contributed by atoms with E-state index >= 15 is 0 Å². The summed E-state index contributed by atoms with van der Waals surface area (Å²) in [5.41, 5.74) is 1.62. The number of hydrogen-bond acceptors (Lipinski definition) is 5. The minimum absolute atomic E-state index is 0. The van der Waals surface area contributed by atoms with Gasteiger partial charge in [0.2, 0.25) is 0 Å². The molecular weight excluding hydrogens is 379 g/mol. The van der Waals surface area contributed by atoms with E-state index in [2.05, 4.69) is 4.98 Å². The fourth-order valence-electron chi connectivity index (χ4n) is 2.28. The standard InChI is InChI=1S/C18H11ClN2O4.ClH/c19-18(22)15-11-12(20-16-8-4-3-7-14(15)16)5-1-2-6-13-9-10-17(25-13)21(23)24;/h1-11H;1H. The quantitative estimate of drug-likeness (QED) is 0.256. The van der Waals surface area contributed by atoms with Crippen molar-refractivity contribution < 1.29 is 14.1 Å². The van der Waals surface area contributed by atoms with Gasteiger partial charge in [0.15, 0.2) is 0 Å². The van der Waals surface area contributed by atoms with E-state index in [1.807, 2.05) is 12.1 Å². The Kier molecular flexibility index (Phi) is 6.27. The third-order valence-electron chi connectivity index (χ3n) is 3.38. The Bertz CT molecular complexity index is 1020. The van der Waals surface area contributed by atoms with Crippen LogP contribution in [0.3, 0.4) is 0 Å². The molecule has 0 N–H and O–H groups in total. The number of para-hydroxylation sites is 1. The number of furan rings is 1. The van der Waals surface area contributed by atoms with E-state index in [0.717, 1.165) is 0 Å². The van der Waals surface area contributed by atoms with E-state index in [-0.39, 0.29) is 18.3 Å². The molecule has 0 aliphatic rings. The van der Waals surface area contributed by atoms with Crippen LogP contribution >= 0.6 is 24.0 Å². The monoisotopic (exact) mass is 390 g/mol. The van der Waals surface area contributed by atoms with Gasteiger partial charge in [-0.25, -0.2) is 4.98 Å². The minimum Gasteiger partial charge on any atom is -0.401 e. The first-order chi connectivity index (χ1) is 12.0. The number of rotatable bonds is 5. The molecule has 0 saturated heterocycles. The molecule has 0 aliphatic heterocycles. The summed E-state index contributed by atoms with van der Waals surface area (Å²) in [5, 5.41) is 10.7. The molecule has 8 heteroatoms. The third kappa shape index (κ3) is 4.36. The van der Waals surface area contributed by atoms with Gasteiger partial charge in [-0.05, 0) is 42.0 Å². The third-order valence-corrected chi connectivity index (χ3v) is 3.58. The number of carbonyl (C=O) groups is 1. The first kappa shape index (κ1) is 19.4. The fourth-order valence-corrected chi connectivity index (χ4v) is 2.43. The Labute approximate surface area is 159 Å². The summed E-state index contributed by atoms with van der Waals surface area (Å²) in [4.78, 5) is 26.0. The molecule has 0 amide bonds. The van der Waals surface area contributed by atoms with Crippen molar-refractivity contribution in [1.82, 2.24) is 4.98 Å². The molecule has 0 radical (unpaired) electrons. The van der Waals surface area contributed by atoms with Gasteiger partial charge in [0, 0.05) is 10.9 Å². The maximum Gasteiger partial charge on any atom is 0.433 e. The second-order valence-corrected chi connectivity index (χ2v) is 5.38. The predicted octanol–water partition coefficient (Wildman–Crippen LogP) is 5.26. The van der Waals surface area contributed by atoms with Crippen LogP contribution in [0.15, 0.2) is 59.0 Å². The molecule has 3 rings (SSSR count). The van der Waals surface area contributed by atoms with Crippen LogP contribution in [0.2, 0.25) is 0 Å². The van der Waals surface area contributed by atoms with Crippen molar-refractivity contribution in [2.75, 3.05) is 0 Å². The van der Waals surface area contributed by atoms with Crippen molar-refractivity contribution >= 4 is 58.2 Å². The van der Waals surface area contributed by atoms with E-state index in [0.29, 0.717) is 27.9 Å². The van der Waals surface area contributed by atoms with E-state index < -0.39 is 10.2 Å². The molecule has 0 aliphatic carbocycles. The van der Waals surface area contributed by atoms with Gasteiger partial charge >= 0.3 is 5.88 Å². The van der Waals surface area contributed by atoms with Gasteiger partial charge in [0.1, 0.15) is 10.7 Å². The number of nitrogens with zero attached hydrogens (tertiary/aromatic N) is 2. The summed E-state index contributed by atoms with van der Waals surface area (Å²) in [6.45, 7) is 0. The lowest BCUT2D eigenvalue weighted by atomic mass is 10.1. The Morgan fingerprint density at radius 1 is 1.15 bits per heavy atom. The maximum atomic E-state index is 11.6. The lowest BCUT2D eigenvalue weighted by Crippen LogP contribution is -1.95. The summed E-state index contributed by atoms with van der Waals surface area (Å²) in [7, 11) is 0. The van der Waals surface area contributed by atoms with Gasteiger partial charge in [-0.3, -0.25) is 14.9 Å². The van der Waals surface area contributed by atoms with Crippen LogP contribution in [-0.4, -0.2) is 15.1 Å². The highest BCUT2D eigenvalue weighted by Crippen LogP contribution is 2.21. The van der Waals surface area contributed by atoms with Crippen molar-refractivity contribution in [2.24, 2.45) is 0 Å². The summed E-state index contributed by atoms with van der Waals surface area (Å²) >= 11 is 5.65. The molecule has 0 unspecified atom stereocenters. The van der Waals surface area contributed by atoms with Crippen LogP contribution in [0.25, 0.3) is 23.1 Å². The zero-order valence-electron chi connectivity index (χ0n) is 13.2.